The first-order chi connectivity index (χ1) is 14.7. The number of aromatic amines is 1. The van der Waals surface area contributed by atoms with Crippen LogP contribution in [0.3, 0.4) is 0 Å². The van der Waals surface area contributed by atoms with Crippen LogP contribution < -0.4 is 10.6 Å². The summed E-state index contributed by atoms with van der Waals surface area (Å²) in [6, 6.07) is 11.3. The molecule has 1 aliphatic heterocycles. The summed E-state index contributed by atoms with van der Waals surface area (Å²) in [5, 5.41) is 12.7. The van der Waals surface area contributed by atoms with Gasteiger partial charge in [-0.3, -0.25) is 9.89 Å². The number of piperidine rings is 1. The second kappa shape index (κ2) is 8.86. The van der Waals surface area contributed by atoms with Crippen molar-refractivity contribution < 1.29 is 9.59 Å². The van der Waals surface area contributed by atoms with Gasteiger partial charge in [-0.1, -0.05) is 6.07 Å². The molecule has 1 aromatic carbocycles. The summed E-state index contributed by atoms with van der Waals surface area (Å²) < 4.78 is 1.99. The Bertz CT molecular complexity index is 1010. The van der Waals surface area contributed by atoms with Crippen molar-refractivity contribution in [2.75, 3.05) is 25.0 Å². The quantitative estimate of drug-likeness (QED) is 0.606. The maximum atomic E-state index is 13.2. The predicted molar refractivity (Wildman–Crippen MR) is 115 cm³/mol. The minimum Gasteiger partial charge on any atom is -0.338 e. The lowest BCUT2D eigenvalue weighted by molar-refractivity contribution is 0.0706. The fourth-order valence-electron chi connectivity index (χ4n) is 3.92. The van der Waals surface area contributed by atoms with E-state index in [2.05, 4.69) is 20.8 Å². The summed E-state index contributed by atoms with van der Waals surface area (Å²) in [7, 11) is 0. The SMILES string of the molecule is CCNC(=O)Nc1cn[nH]c1[C@H]1CCCN(C(=O)c2cccc(-n3cccc3)c2)C1. The third-order valence-electron chi connectivity index (χ3n) is 5.37. The molecule has 8 heteroatoms. The zero-order valence-corrected chi connectivity index (χ0v) is 17.0. The summed E-state index contributed by atoms with van der Waals surface area (Å²) in [6.45, 7) is 3.72. The van der Waals surface area contributed by atoms with E-state index in [0.29, 0.717) is 24.3 Å². The number of anilines is 1. The molecule has 4 rings (SSSR count). The lowest BCUT2D eigenvalue weighted by Gasteiger charge is -2.32. The highest BCUT2D eigenvalue weighted by atomic mass is 16.2. The molecule has 1 saturated heterocycles. The van der Waals surface area contributed by atoms with E-state index in [1.165, 1.54) is 0 Å². The molecule has 1 aliphatic rings. The normalized spacial score (nSPS) is 16.3. The predicted octanol–water partition coefficient (Wildman–Crippen LogP) is 3.36. The summed E-state index contributed by atoms with van der Waals surface area (Å²) >= 11 is 0. The molecule has 156 valence electrons. The molecule has 3 amide bonds. The van der Waals surface area contributed by atoms with E-state index in [9.17, 15) is 9.59 Å². The van der Waals surface area contributed by atoms with Gasteiger partial charge in [-0.05, 0) is 50.1 Å². The first-order valence-electron chi connectivity index (χ1n) is 10.3. The van der Waals surface area contributed by atoms with Crippen LogP contribution in [0.1, 0.15) is 41.7 Å². The van der Waals surface area contributed by atoms with Crippen molar-refractivity contribution in [1.82, 2.24) is 25.0 Å². The molecule has 0 saturated carbocycles. The van der Waals surface area contributed by atoms with Gasteiger partial charge < -0.3 is 20.1 Å². The lowest BCUT2D eigenvalue weighted by atomic mass is 9.93. The average Bonchev–Trinajstić information content (AvgIpc) is 3.46. The average molecular weight is 406 g/mol. The van der Waals surface area contributed by atoms with Gasteiger partial charge in [-0.2, -0.15) is 5.10 Å². The number of carbonyl (C=O) groups excluding carboxylic acids is 2. The highest BCUT2D eigenvalue weighted by Gasteiger charge is 2.28. The highest BCUT2D eigenvalue weighted by molar-refractivity contribution is 5.95. The van der Waals surface area contributed by atoms with E-state index >= 15 is 0 Å². The van der Waals surface area contributed by atoms with Gasteiger partial charge in [-0.15, -0.1) is 0 Å². The van der Waals surface area contributed by atoms with Crippen molar-refractivity contribution in [3.63, 3.8) is 0 Å². The van der Waals surface area contributed by atoms with Crippen LogP contribution >= 0.6 is 0 Å². The Morgan fingerprint density at radius 2 is 2.07 bits per heavy atom. The number of hydrogen-bond acceptors (Lipinski definition) is 3. The molecule has 3 N–H and O–H groups in total. The van der Waals surface area contributed by atoms with E-state index in [1.807, 2.05) is 65.2 Å². The van der Waals surface area contributed by atoms with Gasteiger partial charge in [0.1, 0.15) is 0 Å². The number of aromatic nitrogens is 3. The lowest BCUT2D eigenvalue weighted by Crippen LogP contribution is -2.39. The molecule has 3 heterocycles. The van der Waals surface area contributed by atoms with Crippen molar-refractivity contribution >= 4 is 17.6 Å². The van der Waals surface area contributed by atoms with Crippen molar-refractivity contribution in [3.05, 3.63) is 66.2 Å². The van der Waals surface area contributed by atoms with Crippen LogP contribution in [0, 0.1) is 0 Å². The van der Waals surface area contributed by atoms with Crippen LogP contribution in [0.5, 0.6) is 0 Å². The monoisotopic (exact) mass is 406 g/mol. The van der Waals surface area contributed by atoms with Crippen molar-refractivity contribution in [1.29, 1.82) is 0 Å². The van der Waals surface area contributed by atoms with E-state index in [1.54, 1.807) is 6.20 Å². The maximum absolute atomic E-state index is 13.2. The summed E-state index contributed by atoms with van der Waals surface area (Å²) in [6.07, 6.45) is 7.36. The third-order valence-corrected chi connectivity index (χ3v) is 5.37. The highest BCUT2D eigenvalue weighted by Crippen LogP contribution is 2.31. The first kappa shape index (κ1) is 19.8. The molecule has 1 fully saturated rings. The maximum Gasteiger partial charge on any atom is 0.319 e. The number of nitrogens with zero attached hydrogens (tertiary/aromatic N) is 3. The number of H-pyrrole nitrogens is 1. The van der Waals surface area contributed by atoms with Crippen LogP contribution in [0.4, 0.5) is 10.5 Å². The van der Waals surface area contributed by atoms with Crippen LogP contribution in [-0.2, 0) is 0 Å². The Kier molecular flexibility index (Phi) is 5.83. The molecule has 0 bridgehead atoms. The Balaban J connectivity index is 1.49. The van der Waals surface area contributed by atoms with Gasteiger partial charge in [-0.25, -0.2) is 4.79 Å². The third kappa shape index (κ3) is 4.22. The Morgan fingerprint density at radius 1 is 1.23 bits per heavy atom. The van der Waals surface area contributed by atoms with Gasteiger partial charge in [0.05, 0.1) is 17.6 Å². The molecule has 0 aliphatic carbocycles. The molecular weight excluding hydrogens is 380 g/mol. The van der Waals surface area contributed by atoms with E-state index in [-0.39, 0.29) is 17.9 Å². The summed E-state index contributed by atoms with van der Waals surface area (Å²) in [4.78, 5) is 27.0. The minimum absolute atomic E-state index is 0.0199. The van der Waals surface area contributed by atoms with Crippen LogP contribution in [-0.4, -0.2) is 51.2 Å². The van der Waals surface area contributed by atoms with Crippen molar-refractivity contribution in [3.8, 4) is 5.69 Å². The molecule has 8 nitrogen and oxygen atoms in total. The fourth-order valence-corrected chi connectivity index (χ4v) is 3.92. The smallest absolute Gasteiger partial charge is 0.319 e. The van der Waals surface area contributed by atoms with E-state index in [0.717, 1.165) is 30.8 Å². The number of rotatable bonds is 5. The van der Waals surface area contributed by atoms with E-state index in [4.69, 9.17) is 0 Å². The van der Waals surface area contributed by atoms with Crippen LogP contribution in [0.25, 0.3) is 5.69 Å². The summed E-state index contributed by atoms with van der Waals surface area (Å²) in [5.41, 5.74) is 3.16. The van der Waals surface area contributed by atoms with Gasteiger partial charge in [0.15, 0.2) is 0 Å². The fraction of sp³-hybridized carbons (Fsp3) is 0.318. The second-order valence-corrected chi connectivity index (χ2v) is 7.41. The zero-order valence-electron chi connectivity index (χ0n) is 17.0. The second-order valence-electron chi connectivity index (χ2n) is 7.41. The van der Waals surface area contributed by atoms with Crippen LogP contribution in [0.15, 0.2) is 55.0 Å². The number of hydrogen-bond donors (Lipinski definition) is 3. The molecule has 0 spiro atoms. The van der Waals surface area contributed by atoms with Gasteiger partial charge in [0, 0.05) is 49.2 Å². The largest absolute Gasteiger partial charge is 0.338 e. The van der Waals surface area contributed by atoms with Gasteiger partial charge in [0.2, 0.25) is 0 Å². The molecule has 3 aromatic rings. The molecule has 0 radical (unpaired) electrons. The zero-order chi connectivity index (χ0) is 20.9. The number of carbonyl (C=O) groups is 2. The summed E-state index contributed by atoms with van der Waals surface area (Å²) in [5.74, 6) is 0.112. The number of amides is 3. The first-order valence-corrected chi connectivity index (χ1v) is 10.3. The van der Waals surface area contributed by atoms with Crippen LogP contribution in [0.2, 0.25) is 0 Å². The van der Waals surface area contributed by atoms with Gasteiger partial charge >= 0.3 is 6.03 Å². The number of likely N-dealkylation sites (tertiary alicyclic amines) is 1. The molecule has 2 aromatic heterocycles. The Morgan fingerprint density at radius 3 is 2.87 bits per heavy atom. The molecule has 0 unspecified atom stereocenters. The minimum atomic E-state index is -0.259. The Labute approximate surface area is 175 Å². The van der Waals surface area contributed by atoms with Crippen molar-refractivity contribution in [2.24, 2.45) is 0 Å². The van der Waals surface area contributed by atoms with Gasteiger partial charge in [0.25, 0.3) is 5.91 Å². The standard InChI is InChI=1S/C22H26N6O2/c1-2-23-22(30)25-19-14-24-26-20(19)17-8-6-12-28(15-17)21(29)16-7-5-9-18(13-16)27-10-3-4-11-27/h3-5,7,9-11,13-14,17H,2,6,8,12,15H2,1H3,(H,24,26)(H2,23,25,30)/t17-/m0/s1. The molecular formula is C22H26N6O2. The Hall–Kier alpha value is -3.55. The number of benzene rings is 1. The van der Waals surface area contributed by atoms with E-state index < -0.39 is 0 Å². The number of urea groups is 1. The molecule has 30 heavy (non-hydrogen) atoms. The topological polar surface area (TPSA) is 95.1 Å². The number of nitrogens with one attached hydrogen (secondary N) is 3. The van der Waals surface area contributed by atoms with Crippen molar-refractivity contribution in [2.45, 2.75) is 25.7 Å². The molecule has 1 atom stereocenters.